The molecule has 0 aromatic rings. The number of alkyl carbamates (subject to hydrolysis) is 1. The summed E-state index contributed by atoms with van der Waals surface area (Å²) in [4.78, 5) is 23.8. The van der Waals surface area contributed by atoms with E-state index in [1.807, 2.05) is 0 Å². The molecule has 1 aliphatic rings. The van der Waals surface area contributed by atoms with E-state index in [1.54, 1.807) is 6.92 Å². The summed E-state index contributed by atoms with van der Waals surface area (Å²) in [5.74, 6) is -0.787. The van der Waals surface area contributed by atoms with Gasteiger partial charge in [0.2, 0.25) is 0 Å². The van der Waals surface area contributed by atoms with E-state index in [0.29, 0.717) is 19.7 Å². The summed E-state index contributed by atoms with van der Waals surface area (Å²) >= 11 is 0. The van der Waals surface area contributed by atoms with Crippen molar-refractivity contribution in [3.63, 3.8) is 0 Å². The maximum atomic E-state index is 11.2. The third kappa shape index (κ3) is 5.53. The maximum absolute atomic E-state index is 11.2. The molecule has 0 aliphatic carbocycles. The molecule has 0 spiro atoms. The Bertz CT molecular complexity index is 270. The van der Waals surface area contributed by atoms with Crippen LogP contribution in [0.1, 0.15) is 26.2 Å². The summed E-state index contributed by atoms with van der Waals surface area (Å²) < 4.78 is 4.82. The van der Waals surface area contributed by atoms with Crippen LogP contribution < -0.4 is 5.32 Å². The Labute approximate surface area is 101 Å². The molecular weight excluding hydrogens is 224 g/mol. The molecular formula is C11H20N2O4. The number of piperidine rings is 1. The molecule has 0 radical (unpaired) electrons. The molecule has 1 unspecified atom stereocenters. The molecule has 6 heteroatoms. The largest absolute Gasteiger partial charge is 0.481 e. The standard InChI is InChI=1S/C11H20N2O4/c1-2-17-11(16)12-9-4-3-6-13(8-9)7-5-10(14)15/h9H,2-8H2,1H3,(H,12,16)(H,14,15). The van der Waals surface area contributed by atoms with Gasteiger partial charge in [-0.2, -0.15) is 0 Å². The van der Waals surface area contributed by atoms with Crippen molar-refractivity contribution in [2.75, 3.05) is 26.2 Å². The topological polar surface area (TPSA) is 78.9 Å². The van der Waals surface area contributed by atoms with Gasteiger partial charge in [0.15, 0.2) is 0 Å². The molecule has 1 aliphatic heterocycles. The Morgan fingerprint density at radius 1 is 1.53 bits per heavy atom. The zero-order valence-corrected chi connectivity index (χ0v) is 10.1. The molecule has 2 N–H and O–H groups in total. The molecule has 1 fully saturated rings. The highest BCUT2D eigenvalue weighted by molar-refractivity contribution is 5.67. The van der Waals surface area contributed by atoms with Crippen LogP contribution in [0.5, 0.6) is 0 Å². The predicted molar refractivity (Wildman–Crippen MR) is 61.9 cm³/mol. The lowest BCUT2D eigenvalue weighted by molar-refractivity contribution is -0.137. The summed E-state index contributed by atoms with van der Waals surface area (Å²) in [5, 5.41) is 11.4. The SMILES string of the molecule is CCOC(=O)NC1CCCN(CCC(=O)O)C1. The van der Waals surface area contributed by atoms with Gasteiger partial charge in [0.05, 0.1) is 13.0 Å². The number of carboxylic acids is 1. The second-order valence-electron chi connectivity index (χ2n) is 4.15. The Morgan fingerprint density at radius 2 is 2.29 bits per heavy atom. The number of nitrogens with one attached hydrogen (secondary N) is 1. The van der Waals surface area contributed by atoms with Crippen molar-refractivity contribution >= 4 is 12.1 Å². The van der Waals surface area contributed by atoms with E-state index < -0.39 is 12.1 Å². The first-order chi connectivity index (χ1) is 8.11. The summed E-state index contributed by atoms with van der Waals surface area (Å²) in [5.41, 5.74) is 0. The number of hydrogen-bond donors (Lipinski definition) is 2. The Hall–Kier alpha value is -1.30. The number of carbonyl (C=O) groups excluding carboxylic acids is 1. The number of carboxylic acid groups (broad SMARTS) is 1. The smallest absolute Gasteiger partial charge is 0.407 e. The zero-order chi connectivity index (χ0) is 12.7. The Morgan fingerprint density at radius 3 is 2.94 bits per heavy atom. The van der Waals surface area contributed by atoms with Gasteiger partial charge in [0, 0.05) is 19.1 Å². The number of amides is 1. The van der Waals surface area contributed by atoms with Gasteiger partial charge in [-0.1, -0.05) is 0 Å². The van der Waals surface area contributed by atoms with Crippen molar-refractivity contribution in [3.8, 4) is 0 Å². The fourth-order valence-corrected chi connectivity index (χ4v) is 1.97. The molecule has 1 amide bonds. The molecule has 1 saturated heterocycles. The summed E-state index contributed by atoms with van der Waals surface area (Å²) in [7, 11) is 0. The van der Waals surface area contributed by atoms with Gasteiger partial charge >= 0.3 is 12.1 Å². The quantitative estimate of drug-likeness (QED) is 0.743. The van der Waals surface area contributed by atoms with Gasteiger partial charge in [-0.25, -0.2) is 4.79 Å². The first kappa shape index (κ1) is 13.8. The highest BCUT2D eigenvalue weighted by Gasteiger charge is 2.21. The zero-order valence-electron chi connectivity index (χ0n) is 10.1. The van der Waals surface area contributed by atoms with Crippen LogP contribution in [-0.2, 0) is 9.53 Å². The third-order valence-corrected chi connectivity index (χ3v) is 2.74. The number of aliphatic carboxylic acids is 1. The highest BCUT2D eigenvalue weighted by Crippen LogP contribution is 2.10. The third-order valence-electron chi connectivity index (χ3n) is 2.74. The van der Waals surface area contributed by atoms with E-state index in [0.717, 1.165) is 19.4 Å². The summed E-state index contributed by atoms with van der Waals surface area (Å²) in [6.45, 7) is 4.26. The van der Waals surface area contributed by atoms with Crippen LogP contribution in [0.3, 0.4) is 0 Å². The van der Waals surface area contributed by atoms with Gasteiger partial charge in [0.1, 0.15) is 0 Å². The molecule has 0 saturated carbocycles. The van der Waals surface area contributed by atoms with Crippen LogP contribution in [0.4, 0.5) is 4.79 Å². The Balaban J connectivity index is 2.28. The van der Waals surface area contributed by atoms with Crippen molar-refractivity contribution in [2.45, 2.75) is 32.2 Å². The van der Waals surface area contributed by atoms with Crippen molar-refractivity contribution in [3.05, 3.63) is 0 Å². The fraction of sp³-hybridized carbons (Fsp3) is 0.818. The number of likely N-dealkylation sites (tertiary alicyclic amines) is 1. The number of nitrogens with zero attached hydrogens (tertiary/aromatic N) is 1. The van der Waals surface area contributed by atoms with Crippen LogP contribution in [-0.4, -0.2) is 54.4 Å². The fourth-order valence-electron chi connectivity index (χ4n) is 1.97. The number of ether oxygens (including phenoxy) is 1. The average Bonchev–Trinajstić information content (AvgIpc) is 2.27. The summed E-state index contributed by atoms with van der Waals surface area (Å²) in [6, 6.07) is 0.0663. The van der Waals surface area contributed by atoms with Gasteiger partial charge < -0.3 is 20.1 Å². The van der Waals surface area contributed by atoms with Crippen molar-refractivity contribution < 1.29 is 19.4 Å². The highest BCUT2D eigenvalue weighted by atomic mass is 16.5. The lowest BCUT2D eigenvalue weighted by atomic mass is 10.1. The van der Waals surface area contributed by atoms with Crippen molar-refractivity contribution in [1.82, 2.24) is 10.2 Å². The molecule has 1 heterocycles. The van der Waals surface area contributed by atoms with E-state index in [-0.39, 0.29) is 12.5 Å². The number of rotatable bonds is 5. The molecule has 98 valence electrons. The van der Waals surface area contributed by atoms with E-state index in [4.69, 9.17) is 9.84 Å². The first-order valence-electron chi connectivity index (χ1n) is 5.99. The lowest BCUT2D eigenvalue weighted by Gasteiger charge is -2.32. The first-order valence-corrected chi connectivity index (χ1v) is 5.99. The molecule has 17 heavy (non-hydrogen) atoms. The number of hydrogen-bond acceptors (Lipinski definition) is 4. The van der Waals surface area contributed by atoms with Gasteiger partial charge in [0.25, 0.3) is 0 Å². The monoisotopic (exact) mass is 244 g/mol. The van der Waals surface area contributed by atoms with E-state index in [1.165, 1.54) is 0 Å². The Kier molecular flexibility index (Phi) is 5.76. The maximum Gasteiger partial charge on any atom is 0.407 e. The van der Waals surface area contributed by atoms with Crippen LogP contribution >= 0.6 is 0 Å². The minimum atomic E-state index is -0.787. The molecule has 0 bridgehead atoms. The van der Waals surface area contributed by atoms with E-state index in [2.05, 4.69) is 10.2 Å². The van der Waals surface area contributed by atoms with Crippen LogP contribution in [0.2, 0.25) is 0 Å². The molecule has 1 atom stereocenters. The minimum absolute atomic E-state index is 0.0663. The molecule has 1 rings (SSSR count). The van der Waals surface area contributed by atoms with Crippen molar-refractivity contribution in [1.29, 1.82) is 0 Å². The minimum Gasteiger partial charge on any atom is -0.481 e. The number of carbonyl (C=O) groups is 2. The predicted octanol–water partition coefficient (Wildman–Crippen LogP) is 0.672. The second-order valence-corrected chi connectivity index (χ2v) is 4.15. The van der Waals surface area contributed by atoms with Crippen LogP contribution in [0.25, 0.3) is 0 Å². The molecule has 6 nitrogen and oxygen atoms in total. The summed E-state index contributed by atoms with van der Waals surface area (Å²) in [6.07, 6.45) is 1.64. The van der Waals surface area contributed by atoms with Gasteiger partial charge in [-0.05, 0) is 26.3 Å². The molecule has 0 aromatic carbocycles. The van der Waals surface area contributed by atoms with Crippen molar-refractivity contribution in [2.24, 2.45) is 0 Å². The van der Waals surface area contributed by atoms with Gasteiger partial charge in [-0.3, -0.25) is 4.79 Å². The second kappa shape index (κ2) is 7.11. The van der Waals surface area contributed by atoms with E-state index >= 15 is 0 Å². The lowest BCUT2D eigenvalue weighted by Crippen LogP contribution is -2.48. The van der Waals surface area contributed by atoms with Crippen LogP contribution in [0.15, 0.2) is 0 Å². The average molecular weight is 244 g/mol. The van der Waals surface area contributed by atoms with E-state index in [9.17, 15) is 9.59 Å². The molecule has 0 aromatic heterocycles. The normalized spacial score (nSPS) is 20.9. The van der Waals surface area contributed by atoms with Gasteiger partial charge in [-0.15, -0.1) is 0 Å². The van der Waals surface area contributed by atoms with Crippen LogP contribution in [0, 0.1) is 0 Å².